The van der Waals surface area contributed by atoms with Crippen molar-refractivity contribution in [3.63, 3.8) is 0 Å². The summed E-state index contributed by atoms with van der Waals surface area (Å²) in [5.41, 5.74) is 3.64. The van der Waals surface area contributed by atoms with Crippen molar-refractivity contribution >= 4 is 28.7 Å². The van der Waals surface area contributed by atoms with Gasteiger partial charge in [-0.2, -0.15) is 5.26 Å². The highest BCUT2D eigenvalue weighted by atomic mass is 16.2. The fourth-order valence-corrected chi connectivity index (χ4v) is 4.10. The van der Waals surface area contributed by atoms with Gasteiger partial charge in [0.1, 0.15) is 11.5 Å². The molecule has 0 bridgehead atoms. The van der Waals surface area contributed by atoms with Crippen molar-refractivity contribution in [3.05, 3.63) is 48.2 Å². The molecule has 1 aliphatic carbocycles. The molecule has 2 fully saturated rings. The first-order valence-electron chi connectivity index (χ1n) is 10.7. The van der Waals surface area contributed by atoms with E-state index in [2.05, 4.69) is 21.4 Å². The summed E-state index contributed by atoms with van der Waals surface area (Å²) in [5, 5.41) is 12.9. The van der Waals surface area contributed by atoms with Crippen LogP contribution in [0, 0.1) is 23.2 Å². The Kier molecular flexibility index (Phi) is 4.91. The van der Waals surface area contributed by atoms with Crippen LogP contribution in [0.5, 0.6) is 0 Å². The summed E-state index contributed by atoms with van der Waals surface area (Å²) in [6, 6.07) is 14.1. The van der Waals surface area contributed by atoms with Gasteiger partial charge in [0, 0.05) is 30.6 Å². The molecule has 0 radical (unpaired) electrons. The highest BCUT2D eigenvalue weighted by Gasteiger charge is 2.30. The van der Waals surface area contributed by atoms with E-state index >= 15 is 0 Å². The number of likely N-dealkylation sites (tertiary alicyclic amines) is 1. The van der Waals surface area contributed by atoms with Crippen LogP contribution < -0.4 is 5.32 Å². The van der Waals surface area contributed by atoms with Gasteiger partial charge in [-0.05, 0) is 48.1 Å². The summed E-state index contributed by atoms with van der Waals surface area (Å²) in [5.74, 6) is 0.699. The van der Waals surface area contributed by atoms with Crippen molar-refractivity contribution < 1.29 is 9.59 Å². The third kappa shape index (κ3) is 4.02. The normalized spacial score (nSPS) is 18.2. The second kappa shape index (κ2) is 7.88. The monoisotopic (exact) mass is 413 g/mol. The van der Waals surface area contributed by atoms with Gasteiger partial charge in [0.25, 0.3) is 0 Å². The maximum absolute atomic E-state index is 12.5. The van der Waals surface area contributed by atoms with Crippen LogP contribution in [0.15, 0.2) is 42.6 Å². The summed E-state index contributed by atoms with van der Waals surface area (Å²) in [6.45, 7) is 1.19. The van der Waals surface area contributed by atoms with E-state index in [0.29, 0.717) is 25.3 Å². The summed E-state index contributed by atoms with van der Waals surface area (Å²) < 4.78 is 0. The Bertz CT molecular complexity index is 1190. The van der Waals surface area contributed by atoms with E-state index in [0.717, 1.165) is 47.0 Å². The Morgan fingerprint density at radius 3 is 2.71 bits per heavy atom. The number of nitrogens with zero attached hydrogens (tertiary/aromatic N) is 3. The van der Waals surface area contributed by atoms with Crippen molar-refractivity contribution in [3.8, 4) is 17.2 Å². The van der Waals surface area contributed by atoms with E-state index in [9.17, 15) is 9.59 Å². The maximum Gasteiger partial charge on any atom is 0.228 e. The molecule has 5 rings (SSSR count). The number of benzene rings is 1. The van der Waals surface area contributed by atoms with Gasteiger partial charge in [-0.3, -0.25) is 9.59 Å². The highest BCUT2D eigenvalue weighted by Crippen LogP contribution is 2.33. The van der Waals surface area contributed by atoms with Crippen LogP contribution in [0.2, 0.25) is 0 Å². The second-order valence-corrected chi connectivity index (χ2v) is 8.39. The minimum absolute atomic E-state index is 0.0266. The lowest BCUT2D eigenvalue weighted by atomic mass is 10.0. The molecule has 31 heavy (non-hydrogen) atoms. The van der Waals surface area contributed by atoms with Crippen LogP contribution in [0.25, 0.3) is 22.2 Å². The molecule has 2 amide bonds. The molecule has 1 aliphatic heterocycles. The Hall–Kier alpha value is -3.66. The molecule has 2 aliphatic rings. The number of rotatable bonds is 5. The number of amides is 2. The van der Waals surface area contributed by atoms with Gasteiger partial charge < -0.3 is 15.2 Å². The summed E-state index contributed by atoms with van der Waals surface area (Å²) >= 11 is 0. The largest absolute Gasteiger partial charge is 0.346 e. The second-order valence-electron chi connectivity index (χ2n) is 8.39. The zero-order valence-electron chi connectivity index (χ0n) is 17.1. The van der Waals surface area contributed by atoms with Gasteiger partial charge in [0.2, 0.25) is 11.8 Å². The van der Waals surface area contributed by atoms with Crippen molar-refractivity contribution in [2.24, 2.45) is 11.8 Å². The highest BCUT2D eigenvalue weighted by molar-refractivity contribution is 5.99. The van der Waals surface area contributed by atoms with Crippen LogP contribution in [0.4, 0.5) is 5.82 Å². The number of pyridine rings is 1. The molecule has 2 aromatic heterocycles. The average molecular weight is 413 g/mol. The standard InChI is InChI=1S/C24H23N5O2/c25-13-16-8-10-29(14-16)22(30)11-15-1-3-17(4-2-15)20-12-21(28-24(31)18-5-6-18)27-23-19(20)7-9-26-23/h1-4,7,9,12,16,18H,5-6,8,10-11,14H2,(H2,26,27,28,31). The van der Waals surface area contributed by atoms with Crippen LogP contribution >= 0.6 is 0 Å². The van der Waals surface area contributed by atoms with Crippen molar-refractivity contribution in [2.75, 3.05) is 18.4 Å². The number of fused-ring (bicyclic) bond motifs is 1. The zero-order valence-corrected chi connectivity index (χ0v) is 17.1. The average Bonchev–Trinajstić information content (AvgIpc) is 3.33. The molecular weight excluding hydrogens is 390 g/mol. The first-order chi connectivity index (χ1) is 15.1. The summed E-state index contributed by atoms with van der Waals surface area (Å²) in [6.07, 6.45) is 4.81. The number of nitriles is 1. The lowest BCUT2D eigenvalue weighted by molar-refractivity contribution is -0.129. The smallest absolute Gasteiger partial charge is 0.228 e. The Morgan fingerprint density at radius 2 is 2.00 bits per heavy atom. The molecule has 1 atom stereocenters. The first-order valence-corrected chi connectivity index (χ1v) is 10.7. The number of carbonyl (C=O) groups is 2. The summed E-state index contributed by atoms with van der Waals surface area (Å²) in [7, 11) is 0. The van der Waals surface area contributed by atoms with Crippen molar-refractivity contribution in [1.29, 1.82) is 5.26 Å². The lowest BCUT2D eigenvalue weighted by Gasteiger charge is -2.15. The number of H-pyrrole nitrogens is 1. The van der Waals surface area contributed by atoms with E-state index in [1.165, 1.54) is 0 Å². The molecular formula is C24H23N5O2. The van der Waals surface area contributed by atoms with E-state index < -0.39 is 0 Å². The number of carbonyl (C=O) groups excluding carboxylic acids is 2. The molecule has 156 valence electrons. The molecule has 1 unspecified atom stereocenters. The third-order valence-corrected chi connectivity index (χ3v) is 6.07. The number of hydrogen-bond acceptors (Lipinski definition) is 4. The van der Waals surface area contributed by atoms with Crippen LogP contribution in [-0.4, -0.2) is 39.8 Å². The summed E-state index contributed by atoms with van der Waals surface area (Å²) in [4.78, 5) is 34.2. The van der Waals surface area contributed by atoms with Gasteiger partial charge >= 0.3 is 0 Å². The molecule has 3 aromatic rings. The number of aromatic nitrogens is 2. The van der Waals surface area contributed by atoms with E-state index in [4.69, 9.17) is 5.26 Å². The van der Waals surface area contributed by atoms with E-state index in [1.807, 2.05) is 42.6 Å². The molecule has 7 nitrogen and oxygen atoms in total. The molecule has 1 aromatic carbocycles. The Morgan fingerprint density at radius 1 is 1.19 bits per heavy atom. The number of hydrogen-bond donors (Lipinski definition) is 2. The van der Waals surface area contributed by atoms with Crippen molar-refractivity contribution in [2.45, 2.75) is 25.7 Å². The SMILES string of the molecule is N#CC1CCN(C(=O)Cc2ccc(-c3cc(NC(=O)C4CC4)nc4[nH]ccc34)cc2)C1. The quantitative estimate of drug-likeness (QED) is 0.668. The van der Waals surface area contributed by atoms with Gasteiger partial charge in [-0.25, -0.2) is 4.98 Å². The molecule has 1 saturated heterocycles. The zero-order chi connectivity index (χ0) is 21.4. The van der Waals surface area contributed by atoms with Crippen LogP contribution in [0.1, 0.15) is 24.8 Å². The maximum atomic E-state index is 12.5. The van der Waals surface area contributed by atoms with Crippen LogP contribution in [0.3, 0.4) is 0 Å². The number of nitrogens with one attached hydrogen (secondary N) is 2. The molecule has 3 heterocycles. The number of aromatic amines is 1. The lowest BCUT2D eigenvalue weighted by Crippen LogP contribution is -2.29. The predicted octanol–water partition coefficient (Wildman–Crippen LogP) is 3.49. The van der Waals surface area contributed by atoms with E-state index in [-0.39, 0.29) is 23.7 Å². The predicted molar refractivity (Wildman–Crippen MR) is 117 cm³/mol. The van der Waals surface area contributed by atoms with Gasteiger partial charge in [-0.15, -0.1) is 0 Å². The van der Waals surface area contributed by atoms with Gasteiger partial charge in [0.15, 0.2) is 0 Å². The molecule has 1 saturated carbocycles. The topological polar surface area (TPSA) is 102 Å². The van der Waals surface area contributed by atoms with E-state index in [1.54, 1.807) is 4.90 Å². The molecule has 2 N–H and O–H groups in total. The Balaban J connectivity index is 1.35. The molecule has 0 spiro atoms. The fourth-order valence-electron chi connectivity index (χ4n) is 4.10. The molecule has 7 heteroatoms. The number of anilines is 1. The van der Waals surface area contributed by atoms with Crippen molar-refractivity contribution in [1.82, 2.24) is 14.9 Å². The minimum atomic E-state index is -0.0450. The Labute approximate surface area is 180 Å². The van der Waals surface area contributed by atoms with Crippen LogP contribution in [-0.2, 0) is 16.0 Å². The third-order valence-electron chi connectivity index (χ3n) is 6.07. The van der Waals surface area contributed by atoms with Gasteiger partial charge in [0.05, 0.1) is 18.4 Å². The minimum Gasteiger partial charge on any atom is -0.346 e. The first kappa shape index (κ1) is 19.3. The van der Waals surface area contributed by atoms with Gasteiger partial charge in [-0.1, -0.05) is 24.3 Å². The fraction of sp³-hybridized carbons (Fsp3) is 0.333.